The van der Waals surface area contributed by atoms with E-state index in [9.17, 15) is 4.79 Å². The van der Waals surface area contributed by atoms with Crippen molar-refractivity contribution in [3.05, 3.63) is 29.8 Å². The van der Waals surface area contributed by atoms with Gasteiger partial charge >= 0.3 is 0 Å². The molecule has 0 bridgehead atoms. The maximum atomic E-state index is 11.7. The summed E-state index contributed by atoms with van der Waals surface area (Å²) in [5.74, 6) is -0.0964. The van der Waals surface area contributed by atoms with Crippen LogP contribution in [0.25, 0.3) is 0 Å². The Morgan fingerprint density at radius 2 is 2.11 bits per heavy atom. The molecule has 0 spiro atoms. The first kappa shape index (κ1) is 14.0. The number of carbonyl (C=O) groups excluding carboxylic acids is 1. The van der Waals surface area contributed by atoms with Crippen LogP contribution in [0.1, 0.15) is 12.5 Å². The molecule has 0 saturated heterocycles. The van der Waals surface area contributed by atoms with Crippen molar-refractivity contribution in [1.82, 2.24) is 4.90 Å². The van der Waals surface area contributed by atoms with Crippen LogP contribution in [0.15, 0.2) is 24.3 Å². The van der Waals surface area contributed by atoms with Gasteiger partial charge in [0, 0.05) is 12.7 Å². The average molecular weight is 247 g/mol. The van der Waals surface area contributed by atoms with Gasteiger partial charge in [-0.2, -0.15) is 5.26 Å². The first-order chi connectivity index (χ1) is 8.58. The first-order valence-electron chi connectivity index (χ1n) is 5.69. The van der Waals surface area contributed by atoms with Crippen LogP contribution in [0, 0.1) is 11.3 Å². The van der Waals surface area contributed by atoms with Crippen LogP contribution < -0.4 is 5.32 Å². The summed E-state index contributed by atoms with van der Waals surface area (Å²) >= 11 is 0. The molecule has 96 valence electrons. The van der Waals surface area contributed by atoms with E-state index in [-0.39, 0.29) is 25.1 Å². The topological polar surface area (TPSA) is 76.4 Å². The Balaban J connectivity index is 2.49. The number of aliphatic hydroxyl groups excluding tert-OH is 1. The van der Waals surface area contributed by atoms with Gasteiger partial charge in [-0.15, -0.1) is 0 Å². The average Bonchev–Trinajstić information content (AvgIpc) is 2.43. The monoisotopic (exact) mass is 247 g/mol. The predicted molar refractivity (Wildman–Crippen MR) is 69.0 cm³/mol. The highest BCUT2D eigenvalue weighted by Crippen LogP contribution is 2.08. The summed E-state index contributed by atoms with van der Waals surface area (Å²) in [7, 11) is 1.66. The number of carbonyl (C=O) groups is 1. The summed E-state index contributed by atoms with van der Waals surface area (Å²) in [5, 5.41) is 20.6. The number of hydrogen-bond acceptors (Lipinski definition) is 4. The Bertz CT molecular complexity index is 437. The molecule has 1 aromatic rings. The van der Waals surface area contributed by atoms with Gasteiger partial charge in [0.2, 0.25) is 5.91 Å². The SMILES string of the molecule is CC(CO)N(C)C(=O)CNc1ccc(C#N)cc1. The molecule has 5 heteroatoms. The fourth-order valence-electron chi connectivity index (χ4n) is 1.33. The number of anilines is 1. The fraction of sp³-hybridized carbons (Fsp3) is 0.385. The van der Waals surface area contributed by atoms with Gasteiger partial charge in [-0.1, -0.05) is 0 Å². The molecule has 0 radical (unpaired) electrons. The van der Waals surface area contributed by atoms with Crippen LogP contribution in [0.3, 0.4) is 0 Å². The second-order valence-electron chi connectivity index (χ2n) is 4.08. The van der Waals surface area contributed by atoms with Gasteiger partial charge < -0.3 is 15.3 Å². The van der Waals surface area contributed by atoms with Gasteiger partial charge in [0.25, 0.3) is 0 Å². The lowest BCUT2D eigenvalue weighted by atomic mass is 10.2. The van der Waals surface area contributed by atoms with E-state index >= 15 is 0 Å². The van der Waals surface area contributed by atoms with Gasteiger partial charge in [-0.3, -0.25) is 4.79 Å². The molecule has 0 aromatic heterocycles. The van der Waals surface area contributed by atoms with Crippen molar-refractivity contribution in [2.24, 2.45) is 0 Å². The first-order valence-corrected chi connectivity index (χ1v) is 5.69. The van der Waals surface area contributed by atoms with E-state index < -0.39 is 0 Å². The number of nitriles is 1. The van der Waals surface area contributed by atoms with E-state index in [4.69, 9.17) is 10.4 Å². The maximum Gasteiger partial charge on any atom is 0.241 e. The summed E-state index contributed by atoms with van der Waals surface area (Å²) in [5.41, 5.74) is 1.37. The van der Waals surface area contributed by atoms with E-state index in [1.807, 2.05) is 6.07 Å². The van der Waals surface area contributed by atoms with Crippen LogP contribution in [-0.2, 0) is 4.79 Å². The number of benzene rings is 1. The molecule has 0 aliphatic carbocycles. The van der Waals surface area contributed by atoms with Gasteiger partial charge in [-0.25, -0.2) is 0 Å². The summed E-state index contributed by atoms with van der Waals surface area (Å²) in [6, 6.07) is 8.71. The van der Waals surface area contributed by atoms with E-state index in [1.165, 1.54) is 4.90 Å². The maximum absolute atomic E-state index is 11.7. The molecule has 5 nitrogen and oxygen atoms in total. The molecular weight excluding hydrogens is 230 g/mol. The number of aliphatic hydroxyl groups is 1. The van der Waals surface area contributed by atoms with Crippen LogP contribution in [0.5, 0.6) is 0 Å². The van der Waals surface area contributed by atoms with Crippen molar-refractivity contribution >= 4 is 11.6 Å². The van der Waals surface area contributed by atoms with Gasteiger partial charge in [0.05, 0.1) is 30.8 Å². The third kappa shape index (κ3) is 3.75. The lowest BCUT2D eigenvalue weighted by Gasteiger charge is -2.23. The van der Waals surface area contributed by atoms with E-state index in [2.05, 4.69) is 5.32 Å². The minimum Gasteiger partial charge on any atom is -0.394 e. The minimum atomic E-state index is -0.194. The highest BCUT2D eigenvalue weighted by molar-refractivity contribution is 5.80. The third-order valence-corrected chi connectivity index (χ3v) is 2.78. The predicted octanol–water partition coefficient (Wildman–Crippen LogP) is 0.809. The Kier molecular flexibility index (Phi) is 5.15. The minimum absolute atomic E-state index is 0.0564. The third-order valence-electron chi connectivity index (χ3n) is 2.78. The van der Waals surface area contributed by atoms with E-state index in [0.29, 0.717) is 5.56 Å². The number of nitrogens with one attached hydrogen (secondary N) is 1. The Morgan fingerprint density at radius 3 is 2.61 bits per heavy atom. The van der Waals surface area contributed by atoms with Gasteiger partial charge in [-0.05, 0) is 31.2 Å². The van der Waals surface area contributed by atoms with E-state index in [0.717, 1.165) is 5.69 Å². The molecule has 18 heavy (non-hydrogen) atoms. The Labute approximate surface area is 107 Å². The molecule has 2 N–H and O–H groups in total. The zero-order valence-corrected chi connectivity index (χ0v) is 10.6. The summed E-state index contributed by atoms with van der Waals surface area (Å²) in [6.45, 7) is 1.88. The fourth-order valence-corrected chi connectivity index (χ4v) is 1.33. The molecule has 0 aliphatic heterocycles. The summed E-state index contributed by atoms with van der Waals surface area (Å²) in [4.78, 5) is 13.2. The molecule has 1 unspecified atom stereocenters. The van der Waals surface area contributed by atoms with Crippen molar-refractivity contribution in [1.29, 1.82) is 5.26 Å². The molecule has 1 amide bonds. The van der Waals surface area contributed by atoms with Crippen LogP contribution >= 0.6 is 0 Å². The smallest absolute Gasteiger partial charge is 0.241 e. The molecule has 0 fully saturated rings. The number of amides is 1. The molecule has 1 aromatic carbocycles. The quantitative estimate of drug-likeness (QED) is 0.807. The molecule has 1 atom stereocenters. The highest BCUT2D eigenvalue weighted by Gasteiger charge is 2.14. The number of nitrogens with zero attached hydrogens (tertiary/aromatic N) is 2. The second kappa shape index (κ2) is 6.62. The molecule has 0 saturated carbocycles. The van der Waals surface area contributed by atoms with Gasteiger partial charge in [0.15, 0.2) is 0 Å². The molecule has 0 aliphatic rings. The standard InChI is InChI=1S/C13H17N3O2/c1-10(9-17)16(2)13(18)8-15-12-5-3-11(7-14)4-6-12/h3-6,10,15,17H,8-9H2,1-2H3. The van der Waals surface area contributed by atoms with Crippen LogP contribution in [0.4, 0.5) is 5.69 Å². The number of likely N-dealkylation sites (N-methyl/N-ethyl adjacent to an activating group) is 1. The normalized spacial score (nSPS) is 11.4. The van der Waals surface area contributed by atoms with Crippen molar-refractivity contribution in [2.45, 2.75) is 13.0 Å². The zero-order chi connectivity index (χ0) is 13.5. The number of hydrogen-bond donors (Lipinski definition) is 2. The summed E-state index contributed by atoms with van der Waals surface area (Å²) < 4.78 is 0. The van der Waals surface area contributed by atoms with Crippen LogP contribution in [-0.4, -0.2) is 42.2 Å². The largest absolute Gasteiger partial charge is 0.394 e. The Morgan fingerprint density at radius 1 is 1.50 bits per heavy atom. The van der Waals surface area contributed by atoms with Crippen molar-refractivity contribution in [3.8, 4) is 6.07 Å². The summed E-state index contributed by atoms with van der Waals surface area (Å²) in [6.07, 6.45) is 0. The van der Waals surface area contributed by atoms with E-state index in [1.54, 1.807) is 38.2 Å². The molecule has 1 rings (SSSR count). The zero-order valence-electron chi connectivity index (χ0n) is 10.6. The number of rotatable bonds is 5. The van der Waals surface area contributed by atoms with Crippen LogP contribution in [0.2, 0.25) is 0 Å². The second-order valence-corrected chi connectivity index (χ2v) is 4.08. The molecule has 0 heterocycles. The highest BCUT2D eigenvalue weighted by atomic mass is 16.3. The lowest BCUT2D eigenvalue weighted by Crippen LogP contribution is -2.40. The van der Waals surface area contributed by atoms with Crippen molar-refractivity contribution in [2.75, 3.05) is 25.5 Å². The molecular formula is C13H17N3O2. The lowest BCUT2D eigenvalue weighted by molar-refractivity contribution is -0.130. The Hall–Kier alpha value is -2.06. The van der Waals surface area contributed by atoms with Crippen molar-refractivity contribution in [3.63, 3.8) is 0 Å². The van der Waals surface area contributed by atoms with Gasteiger partial charge in [0.1, 0.15) is 0 Å². The van der Waals surface area contributed by atoms with Crippen molar-refractivity contribution < 1.29 is 9.90 Å².